The Labute approximate surface area is 591 Å². The molecule has 35 heteroatoms. The molecule has 2 aliphatic rings. The fourth-order valence-electron chi connectivity index (χ4n) is 8.89. The van der Waals surface area contributed by atoms with Gasteiger partial charge in [0.1, 0.15) is 49.3 Å². The van der Waals surface area contributed by atoms with E-state index in [1.54, 1.807) is 0 Å². The van der Waals surface area contributed by atoms with E-state index >= 15 is 0 Å². The van der Waals surface area contributed by atoms with Gasteiger partial charge >= 0.3 is 47.8 Å². The fraction of sp³-hybridized carbons (Fsp3) is 0.867. The molecule has 0 aromatic carbocycles. The molecule has 27 nitrogen and oxygen atoms in total. The van der Waals surface area contributed by atoms with Crippen LogP contribution in [0.5, 0.6) is 0 Å². The average molecular weight is 1510 g/mol. The third-order valence-corrected chi connectivity index (χ3v) is 21.9. The van der Waals surface area contributed by atoms with Crippen molar-refractivity contribution in [3.63, 3.8) is 0 Å². The van der Waals surface area contributed by atoms with Gasteiger partial charge in [-0.15, -0.1) is 0 Å². The molecule has 0 aromatic heterocycles. The molecule has 9 atom stereocenters. The highest BCUT2D eigenvalue weighted by atomic mass is 32.2. The Morgan fingerprint density at radius 1 is 0.305 bits per heavy atom. The maximum atomic E-state index is 11.4. The van der Waals surface area contributed by atoms with Gasteiger partial charge in [0.05, 0.1) is 64.6 Å². The second-order valence-corrected chi connectivity index (χ2v) is 31.1. The molecule has 0 unspecified atom stereocenters. The number of ether oxygens (including phenoxy) is 11. The average Bonchev–Trinajstić information content (AvgIpc) is 1.65. The SMILES string of the molecule is O=C(O)CCSCCCOC[C@@H]1O[C@](COCCCSCCC(=O)O)(O[C@H]2O[C@H](COCCCSCCC(=O)O)[C@@H](OCCCSCCC(=O)O)[C@H](OCCCSCCC(=O)O)[C@H]2OCCCSCCC(=O)O)[C@H](OCCCSCCC(=O)O)[C@H]1OCCCSCCC(=O)O. The molecule has 552 valence electrons. The normalized spacial score (nSPS) is 21.1. The Bertz CT molecular complexity index is 2080. The number of carboxylic acids is 8. The highest BCUT2D eigenvalue weighted by molar-refractivity contribution is 8.00. The predicted octanol–water partition coefficient (Wildman–Crippen LogP) is 7.58. The lowest BCUT2D eigenvalue weighted by Gasteiger charge is -2.48. The van der Waals surface area contributed by atoms with E-state index in [1.807, 2.05) is 0 Å². The van der Waals surface area contributed by atoms with Gasteiger partial charge in [-0.25, -0.2) is 0 Å². The monoisotopic (exact) mass is 1510 g/mol. The van der Waals surface area contributed by atoms with Crippen molar-refractivity contribution in [1.29, 1.82) is 0 Å². The van der Waals surface area contributed by atoms with Crippen molar-refractivity contribution in [3.8, 4) is 0 Å². The van der Waals surface area contributed by atoms with Gasteiger partial charge in [0.15, 0.2) is 6.29 Å². The van der Waals surface area contributed by atoms with Crippen LogP contribution in [0.4, 0.5) is 0 Å². The molecule has 2 heterocycles. The number of carbonyl (C=O) groups is 8. The first-order valence-electron chi connectivity index (χ1n) is 32.0. The Balaban J connectivity index is 2.93. The molecule has 8 N–H and O–H groups in total. The van der Waals surface area contributed by atoms with Crippen LogP contribution >= 0.6 is 94.1 Å². The molecule has 2 aliphatic heterocycles. The number of carboxylic acid groups (broad SMARTS) is 8. The number of aliphatic carboxylic acids is 8. The highest BCUT2D eigenvalue weighted by Gasteiger charge is 2.62. The van der Waals surface area contributed by atoms with E-state index in [1.165, 1.54) is 94.1 Å². The highest BCUT2D eigenvalue weighted by Crippen LogP contribution is 2.42. The molecule has 0 amide bonds. The summed E-state index contributed by atoms with van der Waals surface area (Å²) < 4.78 is 75.5. The molecule has 2 saturated heterocycles. The third kappa shape index (κ3) is 47.0. The Kier molecular flexibility index (Phi) is 55.1. The van der Waals surface area contributed by atoms with Crippen LogP contribution in [-0.2, 0) is 90.5 Å². The van der Waals surface area contributed by atoms with Crippen LogP contribution in [0.3, 0.4) is 0 Å². The van der Waals surface area contributed by atoms with Crippen LogP contribution in [0, 0.1) is 0 Å². The molecule has 2 fully saturated rings. The van der Waals surface area contributed by atoms with Crippen molar-refractivity contribution in [2.75, 3.05) is 165 Å². The van der Waals surface area contributed by atoms with Crippen LogP contribution in [0.2, 0.25) is 0 Å². The summed E-state index contributed by atoms with van der Waals surface area (Å²) in [7, 11) is 0. The van der Waals surface area contributed by atoms with Gasteiger partial charge in [0.25, 0.3) is 0 Å². The molecular weight excluding hydrogens is 1410 g/mol. The maximum absolute atomic E-state index is 11.4. The number of thioether (sulfide) groups is 8. The van der Waals surface area contributed by atoms with Gasteiger partial charge in [0, 0.05) is 98.9 Å². The van der Waals surface area contributed by atoms with Gasteiger partial charge in [-0.3, -0.25) is 38.4 Å². The van der Waals surface area contributed by atoms with E-state index in [-0.39, 0.29) is 124 Å². The van der Waals surface area contributed by atoms with Crippen molar-refractivity contribution >= 4 is 142 Å². The second kappa shape index (κ2) is 58.7. The molecule has 0 radical (unpaired) electrons. The Morgan fingerprint density at radius 3 is 0.916 bits per heavy atom. The first kappa shape index (κ1) is 89.2. The summed E-state index contributed by atoms with van der Waals surface area (Å²) in [4.78, 5) is 90.7. The lowest BCUT2D eigenvalue weighted by molar-refractivity contribution is -0.395. The molecule has 2 rings (SSSR count). The summed E-state index contributed by atoms with van der Waals surface area (Å²) >= 11 is 11.7. The maximum Gasteiger partial charge on any atom is 0.304 e. The zero-order valence-corrected chi connectivity index (χ0v) is 60.7. The van der Waals surface area contributed by atoms with Gasteiger partial charge in [-0.2, -0.15) is 94.1 Å². The van der Waals surface area contributed by atoms with E-state index in [0.29, 0.717) is 143 Å². The molecule has 0 bridgehead atoms. The van der Waals surface area contributed by atoms with Crippen LogP contribution in [0.25, 0.3) is 0 Å². The minimum absolute atomic E-state index is 0.00536. The topological polar surface area (TPSA) is 400 Å². The van der Waals surface area contributed by atoms with E-state index in [2.05, 4.69) is 0 Å². The minimum Gasteiger partial charge on any atom is -0.481 e. The summed E-state index contributed by atoms with van der Waals surface area (Å²) in [6.07, 6.45) is -4.53. The molecule has 0 spiro atoms. The summed E-state index contributed by atoms with van der Waals surface area (Å²) in [5, 5.41) is 74.3. The zero-order chi connectivity index (χ0) is 69.6. The quantitative estimate of drug-likeness (QED) is 0.0272. The molecule has 0 aromatic rings. The molecular formula is C60H102O27S8. The first-order chi connectivity index (χ1) is 45.8. The standard InChI is InChI=1S/C60H102O27S8/c61-46(62)9-33-88-25-1-17-77-41-44-54(80-20-4-28-91-36-12-49(67)68)56(82-22-6-30-93-38-14-51(71)72)57(83-23-7-31-94-39-15-52(73)74)59(85-44)87-60(43-79-19-3-27-90-35-11-48(65)66)58(84-24-8-32-95-40-16-53(75)76)55(81-21-5-29-92-37-13-50(69)70)45(86-60)42-78-18-2-26-89-34-10-47(63)64/h44-45,54-59H,1-43H2,(H,61,62)(H,63,64)(H,65,66)(H,67,68)(H,69,70)(H,71,72)(H,73,74)(H,75,76)/t44-,45+,54-,55+,56+,57-,58-,59-,60-/m1/s1. The summed E-state index contributed by atoms with van der Waals surface area (Å²) in [6, 6.07) is 0. The number of hydrogen-bond donors (Lipinski definition) is 8. The van der Waals surface area contributed by atoms with E-state index in [4.69, 9.17) is 52.1 Å². The second-order valence-electron chi connectivity index (χ2n) is 21.3. The van der Waals surface area contributed by atoms with E-state index < -0.39 is 103 Å². The summed E-state index contributed by atoms with van der Waals surface area (Å²) in [6.45, 7) is 0.900. The van der Waals surface area contributed by atoms with Gasteiger partial charge in [-0.05, 0) is 97.4 Å². The Morgan fingerprint density at radius 2 is 0.579 bits per heavy atom. The van der Waals surface area contributed by atoms with Crippen molar-refractivity contribution in [3.05, 3.63) is 0 Å². The summed E-state index contributed by atoms with van der Waals surface area (Å²) in [5.74, 6) is -1.62. The van der Waals surface area contributed by atoms with Crippen molar-refractivity contribution in [2.24, 2.45) is 0 Å². The predicted molar refractivity (Wildman–Crippen MR) is 372 cm³/mol. The third-order valence-electron chi connectivity index (χ3n) is 13.3. The van der Waals surface area contributed by atoms with E-state index in [0.717, 1.165) is 0 Å². The van der Waals surface area contributed by atoms with Crippen molar-refractivity contribution in [1.82, 2.24) is 0 Å². The largest absolute Gasteiger partial charge is 0.481 e. The fourth-order valence-corrected chi connectivity index (χ4v) is 15.6. The first-order valence-corrected chi connectivity index (χ1v) is 41.3. The summed E-state index contributed by atoms with van der Waals surface area (Å²) in [5.41, 5.74) is 0. The molecule has 0 saturated carbocycles. The molecule has 0 aliphatic carbocycles. The lowest BCUT2D eigenvalue weighted by Crippen LogP contribution is -2.65. The molecule has 95 heavy (non-hydrogen) atoms. The van der Waals surface area contributed by atoms with Gasteiger partial charge in [-0.1, -0.05) is 0 Å². The van der Waals surface area contributed by atoms with Crippen molar-refractivity contribution < 1.29 is 131 Å². The van der Waals surface area contributed by atoms with Crippen molar-refractivity contribution in [2.45, 2.75) is 158 Å². The van der Waals surface area contributed by atoms with E-state index in [9.17, 15) is 79.2 Å². The van der Waals surface area contributed by atoms with Crippen LogP contribution in [0.1, 0.15) is 103 Å². The van der Waals surface area contributed by atoms with Crippen LogP contribution in [-0.4, -0.2) is 308 Å². The number of hydrogen-bond acceptors (Lipinski definition) is 27. The van der Waals surface area contributed by atoms with Gasteiger partial charge in [0.2, 0.25) is 5.79 Å². The number of rotatable bonds is 69. The lowest BCUT2D eigenvalue weighted by atomic mass is 9.97. The smallest absolute Gasteiger partial charge is 0.304 e. The van der Waals surface area contributed by atoms with Crippen LogP contribution in [0.15, 0.2) is 0 Å². The van der Waals surface area contributed by atoms with Crippen LogP contribution < -0.4 is 0 Å². The Hall–Kier alpha value is -1.88. The minimum atomic E-state index is -1.93. The zero-order valence-electron chi connectivity index (χ0n) is 54.1. The van der Waals surface area contributed by atoms with Gasteiger partial charge < -0.3 is 93.0 Å².